The van der Waals surface area contributed by atoms with E-state index in [1.807, 2.05) is 11.8 Å². The van der Waals surface area contributed by atoms with Crippen LogP contribution in [0.15, 0.2) is 17.4 Å². The Balaban J connectivity index is 1.73. The summed E-state index contributed by atoms with van der Waals surface area (Å²) in [5.41, 5.74) is 4.28. The second-order valence-corrected chi connectivity index (χ2v) is 9.42. The lowest BCUT2D eigenvalue weighted by atomic mass is 9.91. The first kappa shape index (κ1) is 18.2. The van der Waals surface area contributed by atoms with Gasteiger partial charge in [-0.25, -0.2) is 4.98 Å². The lowest BCUT2D eigenvalue weighted by Gasteiger charge is -2.38. The molecule has 1 amide bonds. The van der Waals surface area contributed by atoms with Gasteiger partial charge >= 0.3 is 0 Å². The molecule has 5 nitrogen and oxygen atoms in total. The Kier molecular flexibility index (Phi) is 5.09. The smallest absolute Gasteiger partial charge is 0.265 e. The normalized spacial score (nSPS) is 21.7. The SMILES string of the molecule is Cc1ncsc1C(=O)N1CCCC(C2=CN(C)CN2CC(C)(C)C)C1. The average molecular weight is 363 g/mol. The number of hydrogen-bond donors (Lipinski definition) is 0. The molecule has 1 unspecified atom stereocenters. The van der Waals surface area contributed by atoms with Gasteiger partial charge in [0.2, 0.25) is 0 Å². The van der Waals surface area contributed by atoms with Crippen molar-refractivity contribution in [2.45, 2.75) is 40.5 Å². The van der Waals surface area contributed by atoms with E-state index in [1.54, 1.807) is 5.51 Å². The van der Waals surface area contributed by atoms with Crippen LogP contribution in [0.4, 0.5) is 0 Å². The third-order valence-electron chi connectivity index (χ3n) is 4.84. The zero-order valence-corrected chi connectivity index (χ0v) is 16.9. The Hall–Kier alpha value is -1.56. The van der Waals surface area contributed by atoms with E-state index >= 15 is 0 Å². The van der Waals surface area contributed by atoms with Crippen molar-refractivity contribution in [3.8, 4) is 0 Å². The predicted molar refractivity (Wildman–Crippen MR) is 102 cm³/mol. The van der Waals surface area contributed by atoms with Crippen molar-refractivity contribution < 1.29 is 4.79 Å². The summed E-state index contributed by atoms with van der Waals surface area (Å²) in [6.45, 7) is 12.4. The number of thiazole rings is 1. The summed E-state index contributed by atoms with van der Waals surface area (Å²) in [7, 11) is 2.13. The standard InChI is InChI=1S/C19H30N4OS/c1-14-17(25-12-20-14)18(24)22-8-6-7-15(9-22)16-10-21(5)13-23(16)11-19(2,3)4/h10,12,15H,6-9,11,13H2,1-5H3. The Morgan fingerprint density at radius 1 is 1.40 bits per heavy atom. The summed E-state index contributed by atoms with van der Waals surface area (Å²) in [5.74, 6) is 0.581. The molecule has 2 aliphatic rings. The molecule has 0 N–H and O–H groups in total. The fraction of sp³-hybridized carbons (Fsp3) is 0.684. The lowest BCUT2D eigenvalue weighted by molar-refractivity contribution is 0.0675. The van der Waals surface area contributed by atoms with Crippen molar-refractivity contribution in [1.29, 1.82) is 0 Å². The van der Waals surface area contributed by atoms with Gasteiger partial charge in [0.25, 0.3) is 5.91 Å². The molecule has 6 heteroatoms. The number of hydrogen-bond acceptors (Lipinski definition) is 5. The molecule has 2 aliphatic heterocycles. The Labute approximate surface area is 155 Å². The third-order valence-corrected chi connectivity index (χ3v) is 5.76. The predicted octanol–water partition coefficient (Wildman–Crippen LogP) is 3.40. The number of aryl methyl sites for hydroxylation is 1. The topological polar surface area (TPSA) is 39.7 Å². The van der Waals surface area contributed by atoms with Crippen molar-refractivity contribution >= 4 is 17.2 Å². The molecule has 138 valence electrons. The van der Waals surface area contributed by atoms with Crippen LogP contribution in [0.1, 0.15) is 49.0 Å². The molecule has 3 rings (SSSR count). The monoisotopic (exact) mass is 362 g/mol. The maximum absolute atomic E-state index is 12.9. The van der Waals surface area contributed by atoms with Crippen molar-refractivity contribution in [3.63, 3.8) is 0 Å². The van der Waals surface area contributed by atoms with Crippen LogP contribution in [0, 0.1) is 18.3 Å². The highest BCUT2D eigenvalue weighted by molar-refractivity contribution is 7.11. The van der Waals surface area contributed by atoms with E-state index in [2.05, 4.69) is 48.8 Å². The number of carbonyl (C=O) groups is 1. The number of piperidine rings is 1. The average Bonchev–Trinajstić information content (AvgIpc) is 3.11. The van der Waals surface area contributed by atoms with Gasteiger partial charge in [0.05, 0.1) is 17.9 Å². The summed E-state index contributed by atoms with van der Waals surface area (Å²) in [5, 5.41) is 0. The molecule has 1 atom stereocenters. The van der Waals surface area contributed by atoms with E-state index in [-0.39, 0.29) is 11.3 Å². The first-order valence-corrected chi connectivity index (χ1v) is 9.99. The molecular formula is C19H30N4OS. The Morgan fingerprint density at radius 3 is 2.80 bits per heavy atom. The fourth-order valence-electron chi connectivity index (χ4n) is 3.83. The number of amides is 1. The fourth-order valence-corrected chi connectivity index (χ4v) is 4.60. The van der Waals surface area contributed by atoms with Crippen LogP contribution in [0.2, 0.25) is 0 Å². The van der Waals surface area contributed by atoms with Crippen LogP contribution < -0.4 is 0 Å². The Bertz CT molecular complexity index is 661. The molecule has 3 heterocycles. The summed E-state index contributed by atoms with van der Waals surface area (Å²) < 4.78 is 0. The summed E-state index contributed by atoms with van der Waals surface area (Å²) in [6, 6.07) is 0. The summed E-state index contributed by atoms with van der Waals surface area (Å²) in [6.07, 6.45) is 4.51. The van der Waals surface area contributed by atoms with E-state index < -0.39 is 0 Å². The minimum absolute atomic E-state index is 0.152. The second kappa shape index (κ2) is 6.98. The maximum atomic E-state index is 12.9. The van der Waals surface area contributed by atoms with E-state index in [1.165, 1.54) is 17.0 Å². The first-order chi connectivity index (χ1) is 11.7. The van der Waals surface area contributed by atoms with Gasteiger partial charge in [-0.3, -0.25) is 4.79 Å². The van der Waals surface area contributed by atoms with Gasteiger partial charge in [0.15, 0.2) is 0 Å². The van der Waals surface area contributed by atoms with Crippen molar-refractivity contribution in [2.24, 2.45) is 11.3 Å². The van der Waals surface area contributed by atoms with Gasteiger partial charge in [-0.15, -0.1) is 11.3 Å². The lowest BCUT2D eigenvalue weighted by Crippen LogP contribution is -2.43. The van der Waals surface area contributed by atoms with Crippen LogP contribution in [0.5, 0.6) is 0 Å². The van der Waals surface area contributed by atoms with Crippen molar-refractivity contribution in [2.75, 3.05) is 33.4 Å². The van der Waals surface area contributed by atoms with Crippen LogP contribution >= 0.6 is 11.3 Å². The zero-order valence-electron chi connectivity index (χ0n) is 16.1. The first-order valence-electron chi connectivity index (χ1n) is 9.11. The molecule has 1 saturated heterocycles. The van der Waals surface area contributed by atoms with Crippen LogP contribution in [0.25, 0.3) is 0 Å². The van der Waals surface area contributed by atoms with Gasteiger partial charge in [0, 0.05) is 44.5 Å². The van der Waals surface area contributed by atoms with Gasteiger partial charge in [-0.2, -0.15) is 0 Å². The van der Waals surface area contributed by atoms with Crippen molar-refractivity contribution in [1.82, 2.24) is 19.7 Å². The van der Waals surface area contributed by atoms with E-state index in [9.17, 15) is 4.79 Å². The van der Waals surface area contributed by atoms with Gasteiger partial charge in [0.1, 0.15) is 4.88 Å². The molecule has 0 aliphatic carbocycles. The molecule has 25 heavy (non-hydrogen) atoms. The number of likely N-dealkylation sites (tertiary alicyclic amines) is 1. The molecule has 1 aromatic rings. The highest BCUT2D eigenvalue weighted by Gasteiger charge is 2.33. The second-order valence-electron chi connectivity index (χ2n) is 8.57. The minimum Gasteiger partial charge on any atom is -0.361 e. The number of rotatable bonds is 3. The molecule has 1 aromatic heterocycles. The number of nitrogens with zero attached hydrogens (tertiary/aromatic N) is 4. The van der Waals surface area contributed by atoms with Crippen molar-refractivity contribution in [3.05, 3.63) is 28.0 Å². The van der Waals surface area contributed by atoms with E-state index in [0.29, 0.717) is 5.92 Å². The van der Waals surface area contributed by atoms with Gasteiger partial charge < -0.3 is 14.7 Å². The third kappa shape index (κ3) is 4.17. The number of aromatic nitrogens is 1. The quantitative estimate of drug-likeness (QED) is 0.826. The highest BCUT2D eigenvalue weighted by atomic mass is 32.1. The van der Waals surface area contributed by atoms with Gasteiger partial charge in [-0.1, -0.05) is 20.8 Å². The number of carbonyl (C=O) groups excluding carboxylic acids is 1. The van der Waals surface area contributed by atoms with Crippen LogP contribution in [-0.4, -0.2) is 58.9 Å². The largest absolute Gasteiger partial charge is 0.361 e. The summed E-state index contributed by atoms with van der Waals surface area (Å²) in [4.78, 5) is 24.7. The molecule has 0 aromatic carbocycles. The summed E-state index contributed by atoms with van der Waals surface area (Å²) >= 11 is 1.46. The van der Waals surface area contributed by atoms with Crippen LogP contribution in [-0.2, 0) is 0 Å². The molecule has 0 saturated carbocycles. The van der Waals surface area contributed by atoms with Gasteiger partial charge in [-0.05, 0) is 25.2 Å². The molecule has 1 fully saturated rings. The van der Waals surface area contributed by atoms with Crippen LogP contribution in [0.3, 0.4) is 0 Å². The minimum atomic E-state index is 0.152. The molecule has 0 radical (unpaired) electrons. The molecule has 0 spiro atoms. The zero-order chi connectivity index (χ0) is 18.2. The Morgan fingerprint density at radius 2 is 2.16 bits per heavy atom. The van der Waals surface area contributed by atoms with E-state index in [4.69, 9.17) is 0 Å². The maximum Gasteiger partial charge on any atom is 0.265 e. The highest BCUT2D eigenvalue weighted by Crippen LogP contribution is 2.32. The van der Waals surface area contributed by atoms with E-state index in [0.717, 1.165) is 49.7 Å². The molecule has 0 bridgehead atoms. The molecular weight excluding hydrogens is 332 g/mol.